The van der Waals surface area contributed by atoms with Gasteiger partial charge in [0.25, 0.3) is 0 Å². The molecule has 0 atom stereocenters. The Morgan fingerprint density at radius 2 is 2.29 bits per heavy atom. The zero-order valence-electron chi connectivity index (χ0n) is 8.94. The van der Waals surface area contributed by atoms with Crippen LogP contribution in [-0.4, -0.2) is 17.0 Å². The van der Waals surface area contributed by atoms with Crippen molar-refractivity contribution in [2.24, 2.45) is 0 Å². The predicted molar refractivity (Wildman–Crippen MR) is 65.9 cm³/mol. The third-order valence-electron chi connectivity index (χ3n) is 2.37. The fraction of sp³-hybridized carbons (Fsp3) is 0.0909. The number of hydrogen-bond donors (Lipinski definition) is 1. The number of methoxy groups -OCH3 is 1. The first-order valence-electron chi connectivity index (χ1n) is 4.78. The largest absolute Gasteiger partial charge is 0.495 e. The van der Waals surface area contributed by atoms with Crippen molar-refractivity contribution >= 4 is 28.6 Å². The molecule has 0 spiro atoms. The smallest absolute Gasteiger partial charge is 0.235 e. The molecule has 0 saturated heterocycles. The number of nitrogens with zero attached hydrogens (tertiary/aromatic N) is 1. The van der Waals surface area contributed by atoms with Crippen molar-refractivity contribution in [3.8, 4) is 5.75 Å². The molecule has 1 N–H and O–H groups in total. The minimum atomic E-state index is -0.521. The molecule has 0 unspecified atom stereocenters. The van der Waals surface area contributed by atoms with Gasteiger partial charge in [-0.25, -0.2) is 0 Å². The fourth-order valence-electron chi connectivity index (χ4n) is 1.62. The summed E-state index contributed by atoms with van der Waals surface area (Å²) in [5.41, 5.74) is 1.46. The zero-order valence-corrected chi connectivity index (χ0v) is 9.69. The number of hydrogen-bond acceptors (Lipinski definition) is 3. The lowest BCUT2D eigenvalue weighted by atomic mass is 10.1. The van der Waals surface area contributed by atoms with Gasteiger partial charge in [-0.15, -0.1) is 0 Å². The van der Waals surface area contributed by atoms with Crippen LogP contribution in [0.15, 0.2) is 24.5 Å². The maximum atomic E-state index is 10.3. The minimum Gasteiger partial charge on any atom is -0.495 e. The molecule has 0 fully saturated rings. The Morgan fingerprint density at radius 3 is 2.94 bits per heavy atom. The molecule has 5 nitrogen and oxygen atoms in total. The average Bonchev–Trinajstić information content (AvgIpc) is 2.71. The minimum absolute atomic E-state index is 0.439. The van der Waals surface area contributed by atoms with Crippen molar-refractivity contribution in [2.75, 3.05) is 7.11 Å². The van der Waals surface area contributed by atoms with E-state index in [9.17, 15) is 10.1 Å². The van der Waals surface area contributed by atoms with Gasteiger partial charge >= 0.3 is 0 Å². The van der Waals surface area contributed by atoms with Crippen LogP contribution >= 0.6 is 11.6 Å². The first kappa shape index (κ1) is 11.5. The summed E-state index contributed by atoms with van der Waals surface area (Å²) in [7, 11) is 1.52. The summed E-state index contributed by atoms with van der Waals surface area (Å²) in [6, 6.07) is 3.55. The second-order valence-corrected chi connectivity index (χ2v) is 3.73. The quantitative estimate of drug-likeness (QED) is 0.674. The molecule has 2 rings (SSSR count). The molecule has 0 amide bonds. The van der Waals surface area contributed by atoms with E-state index < -0.39 is 4.92 Å². The van der Waals surface area contributed by atoms with Gasteiger partial charge in [0.15, 0.2) is 0 Å². The van der Waals surface area contributed by atoms with Crippen LogP contribution in [0.25, 0.3) is 17.0 Å². The summed E-state index contributed by atoms with van der Waals surface area (Å²) < 4.78 is 5.10. The fourth-order valence-corrected chi connectivity index (χ4v) is 1.97. The van der Waals surface area contributed by atoms with Crippen LogP contribution in [-0.2, 0) is 0 Å². The third-order valence-corrected chi connectivity index (χ3v) is 2.75. The SMILES string of the molecule is COc1ccc2[nH]cc(/C=C/[N+](=O)[O-])c2c1Cl. The van der Waals surface area contributed by atoms with Gasteiger partial charge in [0, 0.05) is 28.7 Å². The lowest BCUT2D eigenvalue weighted by Crippen LogP contribution is -1.85. The maximum absolute atomic E-state index is 10.3. The number of aromatic nitrogens is 1. The van der Waals surface area contributed by atoms with E-state index in [1.54, 1.807) is 12.3 Å². The molecule has 2 aromatic rings. The molecule has 0 aliphatic rings. The number of nitro groups is 1. The Kier molecular flexibility index (Phi) is 3.01. The molecule has 1 aromatic carbocycles. The van der Waals surface area contributed by atoms with Crippen molar-refractivity contribution in [3.63, 3.8) is 0 Å². The lowest BCUT2D eigenvalue weighted by Gasteiger charge is -2.03. The van der Waals surface area contributed by atoms with E-state index in [1.165, 1.54) is 13.2 Å². The van der Waals surface area contributed by atoms with Gasteiger partial charge in [0.1, 0.15) is 5.75 Å². The monoisotopic (exact) mass is 252 g/mol. The van der Waals surface area contributed by atoms with E-state index in [0.717, 1.165) is 11.7 Å². The van der Waals surface area contributed by atoms with Crippen LogP contribution in [0.1, 0.15) is 5.56 Å². The van der Waals surface area contributed by atoms with Crippen LogP contribution in [0, 0.1) is 10.1 Å². The van der Waals surface area contributed by atoms with Gasteiger partial charge in [0.2, 0.25) is 6.20 Å². The van der Waals surface area contributed by atoms with Crippen LogP contribution in [0.3, 0.4) is 0 Å². The average molecular weight is 253 g/mol. The zero-order chi connectivity index (χ0) is 12.4. The molecule has 0 bridgehead atoms. The molecule has 88 valence electrons. The summed E-state index contributed by atoms with van der Waals surface area (Å²) in [6.07, 6.45) is 3.93. The van der Waals surface area contributed by atoms with E-state index in [-0.39, 0.29) is 0 Å². The van der Waals surface area contributed by atoms with Crippen LogP contribution in [0.4, 0.5) is 0 Å². The van der Waals surface area contributed by atoms with Crippen LogP contribution < -0.4 is 4.74 Å². The molecular formula is C11H9ClN2O3. The van der Waals surface area contributed by atoms with Gasteiger partial charge in [-0.1, -0.05) is 11.6 Å². The van der Waals surface area contributed by atoms with Crippen LogP contribution in [0.2, 0.25) is 5.02 Å². The highest BCUT2D eigenvalue weighted by molar-refractivity contribution is 6.37. The highest BCUT2D eigenvalue weighted by Crippen LogP contribution is 2.34. The molecule has 0 saturated carbocycles. The van der Waals surface area contributed by atoms with Gasteiger partial charge in [-0.05, 0) is 12.1 Å². The first-order valence-corrected chi connectivity index (χ1v) is 5.16. The van der Waals surface area contributed by atoms with E-state index in [2.05, 4.69) is 4.98 Å². The molecule has 0 radical (unpaired) electrons. The van der Waals surface area contributed by atoms with E-state index in [0.29, 0.717) is 21.7 Å². The maximum Gasteiger partial charge on any atom is 0.235 e. The molecule has 1 heterocycles. The number of nitrogens with one attached hydrogen (secondary N) is 1. The standard InChI is InChI=1S/C11H9ClN2O3/c1-17-9-3-2-8-10(11(9)12)7(6-13-8)4-5-14(15)16/h2-6,13H,1H3/b5-4+. The number of aromatic amines is 1. The number of benzene rings is 1. The summed E-state index contributed by atoms with van der Waals surface area (Å²) >= 11 is 6.15. The van der Waals surface area contributed by atoms with E-state index >= 15 is 0 Å². The Bertz CT molecular complexity index is 604. The molecule has 17 heavy (non-hydrogen) atoms. The molecule has 0 aliphatic heterocycles. The van der Waals surface area contributed by atoms with Crippen molar-refractivity contribution < 1.29 is 9.66 Å². The number of H-pyrrole nitrogens is 1. The van der Waals surface area contributed by atoms with E-state index in [4.69, 9.17) is 16.3 Å². The summed E-state index contributed by atoms with van der Waals surface area (Å²) in [5, 5.41) is 11.4. The summed E-state index contributed by atoms with van der Waals surface area (Å²) in [4.78, 5) is 12.8. The third kappa shape index (κ3) is 2.09. The highest BCUT2D eigenvalue weighted by Gasteiger charge is 2.10. The Labute approximate surface area is 102 Å². The molecular weight excluding hydrogens is 244 g/mol. The predicted octanol–water partition coefficient (Wildman–Crippen LogP) is 3.08. The van der Waals surface area contributed by atoms with Gasteiger partial charge in [-0.2, -0.15) is 0 Å². The van der Waals surface area contributed by atoms with Crippen LogP contribution in [0.5, 0.6) is 5.75 Å². The van der Waals surface area contributed by atoms with Crippen molar-refractivity contribution in [1.82, 2.24) is 4.98 Å². The van der Waals surface area contributed by atoms with Gasteiger partial charge in [0.05, 0.1) is 17.1 Å². The topological polar surface area (TPSA) is 68.2 Å². The first-order chi connectivity index (χ1) is 8.13. The van der Waals surface area contributed by atoms with Crippen molar-refractivity contribution in [3.05, 3.63) is 45.2 Å². The number of ether oxygens (including phenoxy) is 1. The summed E-state index contributed by atoms with van der Waals surface area (Å²) in [5.74, 6) is 0.537. The summed E-state index contributed by atoms with van der Waals surface area (Å²) in [6.45, 7) is 0. The van der Waals surface area contributed by atoms with Crippen molar-refractivity contribution in [1.29, 1.82) is 0 Å². The van der Waals surface area contributed by atoms with Gasteiger partial charge < -0.3 is 9.72 Å². The number of halogens is 1. The Balaban J connectivity index is 2.61. The molecule has 0 aliphatic carbocycles. The van der Waals surface area contributed by atoms with Gasteiger partial charge in [-0.3, -0.25) is 10.1 Å². The highest BCUT2D eigenvalue weighted by atomic mass is 35.5. The lowest BCUT2D eigenvalue weighted by molar-refractivity contribution is -0.400. The molecule has 1 aromatic heterocycles. The van der Waals surface area contributed by atoms with E-state index in [1.807, 2.05) is 6.07 Å². The number of rotatable bonds is 3. The Hall–Kier alpha value is -2.01. The normalized spacial score (nSPS) is 11.2. The second kappa shape index (κ2) is 4.47. The molecule has 6 heteroatoms. The Morgan fingerprint density at radius 1 is 1.53 bits per heavy atom. The second-order valence-electron chi connectivity index (χ2n) is 3.35. The number of fused-ring (bicyclic) bond motifs is 1. The van der Waals surface area contributed by atoms with Crippen molar-refractivity contribution in [2.45, 2.75) is 0 Å².